The molecule has 72 valence electrons. The van der Waals surface area contributed by atoms with Crippen LogP contribution in [-0.2, 0) is 0 Å². The highest BCUT2D eigenvalue weighted by atomic mass is 127. The molecular formula is C11H11IN2. The van der Waals surface area contributed by atoms with Crippen LogP contribution >= 0.6 is 22.6 Å². The van der Waals surface area contributed by atoms with Crippen molar-refractivity contribution in [2.45, 2.75) is 13.8 Å². The molecule has 3 heteroatoms. The summed E-state index contributed by atoms with van der Waals surface area (Å²) in [5, 5.41) is 4.42. The van der Waals surface area contributed by atoms with Crippen molar-refractivity contribution in [3.8, 4) is 5.69 Å². The topological polar surface area (TPSA) is 17.8 Å². The van der Waals surface area contributed by atoms with Gasteiger partial charge in [-0.25, -0.2) is 4.68 Å². The lowest BCUT2D eigenvalue weighted by molar-refractivity contribution is 0.833. The third kappa shape index (κ3) is 1.82. The molecule has 0 unspecified atom stereocenters. The molecule has 0 aliphatic heterocycles. The fraction of sp³-hybridized carbons (Fsp3) is 0.182. The molecule has 2 rings (SSSR count). The average Bonchev–Trinajstić information content (AvgIpc) is 2.47. The maximum Gasteiger partial charge on any atom is 0.0649 e. The zero-order chi connectivity index (χ0) is 10.1. The predicted octanol–water partition coefficient (Wildman–Crippen LogP) is 3.09. The highest BCUT2D eigenvalue weighted by Gasteiger charge is 2.02. The third-order valence-electron chi connectivity index (χ3n) is 2.08. The minimum Gasteiger partial charge on any atom is -0.238 e. The monoisotopic (exact) mass is 298 g/mol. The van der Waals surface area contributed by atoms with Crippen LogP contribution in [0.1, 0.15) is 11.4 Å². The summed E-state index contributed by atoms with van der Waals surface area (Å²) in [5.41, 5.74) is 3.35. The van der Waals surface area contributed by atoms with E-state index in [1.807, 2.05) is 11.6 Å². The second kappa shape index (κ2) is 3.73. The minimum atomic E-state index is 1.06. The van der Waals surface area contributed by atoms with E-state index in [1.54, 1.807) is 0 Å². The van der Waals surface area contributed by atoms with Gasteiger partial charge in [0.15, 0.2) is 0 Å². The van der Waals surface area contributed by atoms with Crippen LogP contribution in [0.3, 0.4) is 0 Å². The lowest BCUT2D eigenvalue weighted by Gasteiger charge is -2.03. The first-order chi connectivity index (χ1) is 6.66. The molecule has 1 aromatic heterocycles. The quantitative estimate of drug-likeness (QED) is 0.740. The summed E-state index contributed by atoms with van der Waals surface area (Å²) in [6.45, 7) is 4.08. The highest BCUT2D eigenvalue weighted by Crippen LogP contribution is 2.13. The van der Waals surface area contributed by atoms with Gasteiger partial charge in [-0.15, -0.1) is 0 Å². The summed E-state index contributed by atoms with van der Waals surface area (Å²) in [6, 6.07) is 10.4. The van der Waals surface area contributed by atoms with E-state index in [0.717, 1.165) is 11.4 Å². The van der Waals surface area contributed by atoms with E-state index < -0.39 is 0 Å². The normalized spacial score (nSPS) is 10.5. The van der Waals surface area contributed by atoms with Crippen molar-refractivity contribution in [3.05, 3.63) is 45.3 Å². The molecule has 0 spiro atoms. The van der Waals surface area contributed by atoms with E-state index in [0.29, 0.717) is 0 Å². The van der Waals surface area contributed by atoms with Crippen molar-refractivity contribution >= 4 is 22.6 Å². The fourth-order valence-electron chi connectivity index (χ4n) is 1.47. The van der Waals surface area contributed by atoms with Crippen LogP contribution < -0.4 is 0 Å². The highest BCUT2D eigenvalue weighted by molar-refractivity contribution is 14.1. The Morgan fingerprint density at radius 2 is 1.79 bits per heavy atom. The van der Waals surface area contributed by atoms with Gasteiger partial charge in [-0.05, 0) is 66.8 Å². The SMILES string of the molecule is Cc1cc(C)n(-c2ccc(I)cc2)n1. The molecule has 0 fully saturated rings. The molecule has 1 heterocycles. The van der Waals surface area contributed by atoms with E-state index >= 15 is 0 Å². The van der Waals surface area contributed by atoms with E-state index in [4.69, 9.17) is 0 Å². The van der Waals surface area contributed by atoms with E-state index in [1.165, 1.54) is 9.26 Å². The Kier molecular flexibility index (Phi) is 2.58. The van der Waals surface area contributed by atoms with Crippen LogP contribution in [0, 0.1) is 17.4 Å². The van der Waals surface area contributed by atoms with Crippen molar-refractivity contribution in [1.29, 1.82) is 0 Å². The molecule has 1 aromatic carbocycles. The van der Waals surface area contributed by atoms with Crippen LogP contribution in [0.2, 0.25) is 0 Å². The second-order valence-electron chi connectivity index (χ2n) is 3.32. The predicted molar refractivity (Wildman–Crippen MR) is 65.8 cm³/mol. The van der Waals surface area contributed by atoms with E-state index in [2.05, 4.69) is 64.9 Å². The van der Waals surface area contributed by atoms with E-state index in [9.17, 15) is 0 Å². The molecule has 0 aliphatic carbocycles. The standard InChI is InChI=1S/C11H11IN2/c1-8-7-9(2)14(13-8)11-5-3-10(12)4-6-11/h3-7H,1-2H3. The molecule has 0 saturated carbocycles. The van der Waals surface area contributed by atoms with Gasteiger partial charge in [0.1, 0.15) is 0 Å². The Labute approximate surface area is 97.1 Å². The van der Waals surface area contributed by atoms with Crippen molar-refractivity contribution in [3.63, 3.8) is 0 Å². The number of benzene rings is 1. The van der Waals surface area contributed by atoms with Gasteiger partial charge < -0.3 is 0 Å². The van der Waals surface area contributed by atoms with Crippen molar-refractivity contribution in [1.82, 2.24) is 9.78 Å². The molecule has 0 atom stereocenters. The number of aryl methyl sites for hydroxylation is 2. The summed E-state index contributed by atoms with van der Waals surface area (Å²) >= 11 is 2.30. The number of hydrogen-bond acceptors (Lipinski definition) is 1. The van der Waals surface area contributed by atoms with Crippen molar-refractivity contribution < 1.29 is 0 Å². The Balaban J connectivity index is 2.49. The average molecular weight is 298 g/mol. The molecule has 0 saturated heterocycles. The van der Waals surface area contributed by atoms with Gasteiger partial charge in [-0.1, -0.05) is 0 Å². The zero-order valence-electron chi connectivity index (χ0n) is 8.16. The Morgan fingerprint density at radius 1 is 1.14 bits per heavy atom. The molecular weight excluding hydrogens is 287 g/mol. The second-order valence-corrected chi connectivity index (χ2v) is 4.56. The van der Waals surface area contributed by atoms with Crippen LogP contribution in [-0.4, -0.2) is 9.78 Å². The van der Waals surface area contributed by atoms with E-state index in [-0.39, 0.29) is 0 Å². The number of rotatable bonds is 1. The number of nitrogens with zero attached hydrogens (tertiary/aromatic N) is 2. The van der Waals surface area contributed by atoms with Crippen LogP contribution in [0.15, 0.2) is 30.3 Å². The first-order valence-electron chi connectivity index (χ1n) is 4.46. The minimum absolute atomic E-state index is 1.06. The maximum atomic E-state index is 4.42. The van der Waals surface area contributed by atoms with Crippen molar-refractivity contribution in [2.75, 3.05) is 0 Å². The summed E-state index contributed by atoms with van der Waals surface area (Å²) in [7, 11) is 0. The Bertz CT molecular complexity index is 443. The van der Waals surface area contributed by atoms with Gasteiger partial charge in [-0.2, -0.15) is 5.10 Å². The van der Waals surface area contributed by atoms with Gasteiger partial charge >= 0.3 is 0 Å². The van der Waals surface area contributed by atoms with Crippen molar-refractivity contribution in [2.24, 2.45) is 0 Å². The zero-order valence-corrected chi connectivity index (χ0v) is 10.3. The molecule has 0 N–H and O–H groups in total. The first-order valence-corrected chi connectivity index (χ1v) is 5.54. The van der Waals surface area contributed by atoms with Gasteiger partial charge in [0.25, 0.3) is 0 Å². The molecule has 2 nitrogen and oxygen atoms in total. The van der Waals surface area contributed by atoms with Gasteiger partial charge in [0.05, 0.1) is 11.4 Å². The summed E-state index contributed by atoms with van der Waals surface area (Å²) < 4.78 is 3.21. The molecule has 0 amide bonds. The summed E-state index contributed by atoms with van der Waals surface area (Å²) in [6.07, 6.45) is 0. The number of halogens is 1. The molecule has 2 aromatic rings. The van der Waals surface area contributed by atoms with Gasteiger partial charge in [-0.3, -0.25) is 0 Å². The molecule has 0 bridgehead atoms. The number of aromatic nitrogens is 2. The fourth-order valence-corrected chi connectivity index (χ4v) is 1.83. The van der Waals surface area contributed by atoms with Gasteiger partial charge in [0.2, 0.25) is 0 Å². The lowest BCUT2D eigenvalue weighted by Crippen LogP contribution is -1.98. The Hall–Kier alpha value is -0.840. The summed E-state index contributed by atoms with van der Waals surface area (Å²) in [4.78, 5) is 0. The first kappa shape index (κ1) is 9.71. The molecule has 0 aliphatic rings. The number of hydrogen-bond donors (Lipinski definition) is 0. The Morgan fingerprint density at radius 3 is 2.29 bits per heavy atom. The van der Waals surface area contributed by atoms with Crippen LogP contribution in [0.5, 0.6) is 0 Å². The van der Waals surface area contributed by atoms with Crippen LogP contribution in [0.25, 0.3) is 5.69 Å². The largest absolute Gasteiger partial charge is 0.238 e. The van der Waals surface area contributed by atoms with Gasteiger partial charge in [0, 0.05) is 9.26 Å². The maximum absolute atomic E-state index is 4.42. The summed E-state index contributed by atoms with van der Waals surface area (Å²) in [5.74, 6) is 0. The molecule has 14 heavy (non-hydrogen) atoms. The van der Waals surface area contributed by atoms with Crippen LogP contribution in [0.4, 0.5) is 0 Å². The third-order valence-corrected chi connectivity index (χ3v) is 2.80. The smallest absolute Gasteiger partial charge is 0.0649 e. The molecule has 0 radical (unpaired) electrons. The lowest BCUT2D eigenvalue weighted by atomic mass is 10.3.